The third-order valence-corrected chi connectivity index (χ3v) is 6.22. The van der Waals surface area contributed by atoms with Gasteiger partial charge in [0.05, 0.1) is 0 Å². The van der Waals surface area contributed by atoms with E-state index in [1.54, 1.807) is 36.4 Å². The van der Waals surface area contributed by atoms with Crippen LogP contribution in [0.3, 0.4) is 0 Å². The summed E-state index contributed by atoms with van der Waals surface area (Å²) in [5.74, 6) is 2.81. The van der Waals surface area contributed by atoms with Crippen LogP contribution >= 0.6 is 8.60 Å². The molecule has 7 heteroatoms. The Labute approximate surface area is 223 Å². The molecule has 0 bridgehead atoms. The molecule has 3 aromatic rings. The first-order valence-corrected chi connectivity index (χ1v) is 13.9. The minimum Gasteiger partial charge on any atom is -0.508 e. The van der Waals surface area contributed by atoms with Crippen molar-refractivity contribution in [2.24, 2.45) is 0 Å². The van der Waals surface area contributed by atoms with Gasteiger partial charge in [0.25, 0.3) is 0 Å². The fourth-order valence-electron chi connectivity index (χ4n) is 3.12. The summed E-state index contributed by atoms with van der Waals surface area (Å²) in [7, 11) is -2.62. The average molecular weight is 533 g/mol. The van der Waals surface area contributed by atoms with Gasteiger partial charge in [0, 0.05) is 0 Å². The highest BCUT2D eigenvalue weighted by Gasteiger charge is 2.02. The Balaban J connectivity index is 0.000000490. The van der Waals surface area contributed by atoms with Crippen LogP contribution in [0, 0.1) is 0 Å². The van der Waals surface area contributed by atoms with Gasteiger partial charge in [-0.3, -0.25) is 0 Å². The normalized spacial score (nSPS) is 12.5. The third-order valence-electron chi connectivity index (χ3n) is 6.22. The maximum absolute atomic E-state index is 9.01. The first kappa shape index (κ1) is 34.4. The number of benzene rings is 3. The lowest BCUT2D eigenvalue weighted by Gasteiger charge is -2.07. The van der Waals surface area contributed by atoms with E-state index in [-0.39, 0.29) is 0 Å². The van der Waals surface area contributed by atoms with E-state index in [0.717, 1.165) is 19.3 Å². The Morgan fingerprint density at radius 1 is 0.459 bits per heavy atom. The second-order valence-electron chi connectivity index (χ2n) is 8.97. The van der Waals surface area contributed by atoms with Crippen molar-refractivity contribution in [2.75, 3.05) is 0 Å². The van der Waals surface area contributed by atoms with Crippen LogP contribution in [0.15, 0.2) is 72.8 Å². The molecule has 0 saturated heterocycles. The van der Waals surface area contributed by atoms with Crippen molar-refractivity contribution in [3.63, 3.8) is 0 Å². The van der Waals surface area contributed by atoms with E-state index in [0.29, 0.717) is 35.0 Å². The maximum Gasteiger partial charge on any atom is 0.324 e. The molecule has 3 unspecified atom stereocenters. The molecule has 3 aromatic carbocycles. The van der Waals surface area contributed by atoms with E-state index in [1.807, 2.05) is 36.4 Å². The standard InChI is InChI=1S/3C10H14O.H3O3P/c3*1-3-8(2)9-4-6-10(11)7-5-9;1-4(2)3/h3*4-8,11H,3H2,1-2H3;1-3H. The van der Waals surface area contributed by atoms with Crippen LogP contribution in [0.5, 0.6) is 17.2 Å². The lowest BCUT2D eigenvalue weighted by Crippen LogP contribution is -1.89. The van der Waals surface area contributed by atoms with Gasteiger partial charge in [-0.15, -0.1) is 0 Å². The molecular formula is C30H45O6P. The molecule has 0 spiro atoms. The summed E-state index contributed by atoms with van der Waals surface area (Å²) >= 11 is 0. The Morgan fingerprint density at radius 3 is 0.757 bits per heavy atom. The van der Waals surface area contributed by atoms with Gasteiger partial charge in [0.2, 0.25) is 0 Å². The van der Waals surface area contributed by atoms with Crippen molar-refractivity contribution in [3.05, 3.63) is 89.5 Å². The lowest BCUT2D eigenvalue weighted by atomic mass is 9.99. The van der Waals surface area contributed by atoms with E-state index in [9.17, 15) is 0 Å². The highest BCUT2D eigenvalue weighted by Crippen LogP contribution is 2.22. The van der Waals surface area contributed by atoms with Gasteiger partial charge in [-0.1, -0.05) is 77.9 Å². The summed E-state index contributed by atoms with van der Waals surface area (Å²) in [5, 5.41) is 27.0. The van der Waals surface area contributed by atoms with Gasteiger partial charge in [0.1, 0.15) is 17.2 Å². The van der Waals surface area contributed by atoms with Crippen molar-refractivity contribution < 1.29 is 30.0 Å². The fourth-order valence-corrected chi connectivity index (χ4v) is 3.12. The zero-order chi connectivity index (χ0) is 28.4. The summed E-state index contributed by atoms with van der Waals surface area (Å²) in [6.45, 7) is 13.1. The molecule has 0 aliphatic heterocycles. The van der Waals surface area contributed by atoms with Crippen LogP contribution in [0.1, 0.15) is 95.2 Å². The van der Waals surface area contributed by atoms with Gasteiger partial charge >= 0.3 is 8.60 Å². The molecule has 3 atom stereocenters. The number of rotatable bonds is 6. The van der Waals surface area contributed by atoms with Crippen LogP contribution in [-0.4, -0.2) is 30.0 Å². The molecule has 3 rings (SSSR count). The van der Waals surface area contributed by atoms with Crippen molar-refractivity contribution in [3.8, 4) is 17.2 Å². The summed E-state index contributed by atoms with van der Waals surface area (Å²) < 4.78 is 0. The molecule has 37 heavy (non-hydrogen) atoms. The van der Waals surface area contributed by atoms with Gasteiger partial charge in [-0.25, -0.2) is 0 Å². The zero-order valence-electron chi connectivity index (χ0n) is 22.9. The zero-order valence-corrected chi connectivity index (χ0v) is 23.8. The van der Waals surface area contributed by atoms with Gasteiger partial charge < -0.3 is 30.0 Å². The molecule has 6 nitrogen and oxygen atoms in total. The predicted octanol–water partition coefficient (Wildman–Crippen LogP) is 7.91. The number of aromatic hydroxyl groups is 3. The quantitative estimate of drug-likeness (QED) is 0.179. The summed E-state index contributed by atoms with van der Waals surface area (Å²) in [6.07, 6.45) is 3.43. The number of phenolic OH excluding ortho intramolecular Hbond substituents is 3. The van der Waals surface area contributed by atoms with E-state index >= 15 is 0 Å². The number of hydrogen-bond acceptors (Lipinski definition) is 6. The predicted molar refractivity (Wildman–Crippen MR) is 154 cm³/mol. The Bertz CT molecular complexity index is 818. The first-order chi connectivity index (χ1) is 17.4. The second kappa shape index (κ2) is 19.5. The summed E-state index contributed by atoms with van der Waals surface area (Å²) in [4.78, 5) is 21.7. The van der Waals surface area contributed by atoms with Gasteiger partial charge in [-0.05, 0) is 90.1 Å². The summed E-state index contributed by atoms with van der Waals surface area (Å²) in [5.41, 5.74) is 3.89. The molecule has 0 fully saturated rings. The minimum absolute atomic E-state index is 0.344. The maximum atomic E-state index is 9.01. The molecule has 0 aliphatic carbocycles. The molecule has 0 amide bonds. The van der Waals surface area contributed by atoms with Crippen LogP contribution in [0.2, 0.25) is 0 Å². The van der Waals surface area contributed by atoms with E-state index < -0.39 is 8.60 Å². The average Bonchev–Trinajstić information content (AvgIpc) is 2.89. The first-order valence-electron chi connectivity index (χ1n) is 12.7. The fraction of sp³-hybridized carbons (Fsp3) is 0.400. The van der Waals surface area contributed by atoms with E-state index in [1.165, 1.54) is 16.7 Å². The van der Waals surface area contributed by atoms with Gasteiger partial charge in [0.15, 0.2) is 0 Å². The lowest BCUT2D eigenvalue weighted by molar-refractivity contribution is 0.368. The highest BCUT2D eigenvalue weighted by molar-refractivity contribution is 7.38. The Kier molecular flexibility index (Phi) is 18.1. The number of hydrogen-bond donors (Lipinski definition) is 6. The van der Waals surface area contributed by atoms with Crippen LogP contribution in [0.25, 0.3) is 0 Å². The second-order valence-corrected chi connectivity index (χ2v) is 9.51. The Hall–Kier alpha value is -2.63. The minimum atomic E-state index is -2.62. The van der Waals surface area contributed by atoms with Crippen molar-refractivity contribution in [1.29, 1.82) is 0 Å². The van der Waals surface area contributed by atoms with E-state index in [2.05, 4.69) is 41.5 Å². The molecule has 6 N–H and O–H groups in total. The van der Waals surface area contributed by atoms with Gasteiger partial charge in [-0.2, -0.15) is 0 Å². The molecule has 0 heterocycles. The molecule has 0 saturated carbocycles. The van der Waals surface area contributed by atoms with Crippen molar-refractivity contribution >= 4 is 8.60 Å². The van der Waals surface area contributed by atoms with Crippen molar-refractivity contribution in [2.45, 2.75) is 78.6 Å². The van der Waals surface area contributed by atoms with Crippen LogP contribution in [-0.2, 0) is 0 Å². The summed E-state index contributed by atoms with van der Waals surface area (Å²) in [6, 6.07) is 22.3. The topological polar surface area (TPSA) is 121 Å². The molecule has 0 radical (unpaired) electrons. The van der Waals surface area contributed by atoms with Crippen LogP contribution in [0.4, 0.5) is 0 Å². The highest BCUT2D eigenvalue weighted by atomic mass is 31.2. The Morgan fingerprint density at radius 2 is 0.622 bits per heavy atom. The number of phenols is 3. The van der Waals surface area contributed by atoms with Crippen LogP contribution < -0.4 is 0 Å². The monoisotopic (exact) mass is 532 g/mol. The molecule has 206 valence electrons. The smallest absolute Gasteiger partial charge is 0.324 e. The largest absolute Gasteiger partial charge is 0.508 e. The van der Waals surface area contributed by atoms with E-state index in [4.69, 9.17) is 30.0 Å². The molecular weight excluding hydrogens is 487 g/mol. The molecule has 0 aromatic heterocycles. The van der Waals surface area contributed by atoms with Crippen molar-refractivity contribution in [1.82, 2.24) is 0 Å². The molecule has 0 aliphatic rings. The third kappa shape index (κ3) is 16.0. The SMILES string of the molecule is CCC(C)c1ccc(O)cc1.CCC(C)c1ccc(O)cc1.CCC(C)c1ccc(O)cc1.OP(O)O.